The molecule has 0 saturated heterocycles. The molecule has 0 aliphatic heterocycles. The Labute approximate surface area is 120 Å². The van der Waals surface area contributed by atoms with Crippen LogP contribution in [-0.4, -0.2) is 25.5 Å². The minimum absolute atomic E-state index is 0.0644. The highest BCUT2D eigenvalue weighted by Gasteiger charge is 2.16. The van der Waals surface area contributed by atoms with Crippen LogP contribution < -0.4 is 0 Å². The SMILES string of the molecule is CC(C)Cn1ncnc1CC(=O)c1ncccc1Br. The Morgan fingerprint density at radius 1 is 1.42 bits per heavy atom. The molecule has 0 amide bonds. The van der Waals surface area contributed by atoms with Gasteiger partial charge in [0.05, 0.1) is 6.42 Å². The quantitative estimate of drug-likeness (QED) is 0.793. The highest BCUT2D eigenvalue weighted by atomic mass is 79.9. The number of rotatable bonds is 5. The molecule has 2 heterocycles. The van der Waals surface area contributed by atoms with Gasteiger partial charge in [0, 0.05) is 17.2 Å². The molecule has 100 valence electrons. The zero-order valence-electron chi connectivity index (χ0n) is 10.9. The van der Waals surface area contributed by atoms with E-state index in [4.69, 9.17) is 0 Å². The van der Waals surface area contributed by atoms with Crippen LogP contribution in [0.15, 0.2) is 29.1 Å². The molecule has 5 nitrogen and oxygen atoms in total. The first-order valence-corrected chi connectivity index (χ1v) is 6.87. The summed E-state index contributed by atoms with van der Waals surface area (Å²) in [7, 11) is 0. The summed E-state index contributed by atoms with van der Waals surface area (Å²) in [5.74, 6) is 1.07. The van der Waals surface area contributed by atoms with Crippen molar-refractivity contribution in [3.8, 4) is 0 Å². The van der Waals surface area contributed by atoms with Crippen LogP contribution in [0, 0.1) is 5.92 Å². The van der Waals surface area contributed by atoms with Gasteiger partial charge >= 0.3 is 0 Å². The van der Waals surface area contributed by atoms with Gasteiger partial charge in [0.2, 0.25) is 0 Å². The molecule has 0 aromatic carbocycles. The van der Waals surface area contributed by atoms with E-state index >= 15 is 0 Å². The second-order valence-electron chi connectivity index (χ2n) is 4.69. The highest BCUT2D eigenvalue weighted by Crippen LogP contribution is 2.15. The smallest absolute Gasteiger partial charge is 0.189 e. The minimum Gasteiger partial charge on any atom is -0.292 e. The van der Waals surface area contributed by atoms with E-state index in [0.717, 1.165) is 6.54 Å². The van der Waals surface area contributed by atoms with Crippen molar-refractivity contribution in [2.75, 3.05) is 0 Å². The van der Waals surface area contributed by atoms with Gasteiger partial charge in [-0.1, -0.05) is 13.8 Å². The molecule has 6 heteroatoms. The molecular formula is C13H15BrN4O. The lowest BCUT2D eigenvalue weighted by Gasteiger charge is -2.08. The number of carbonyl (C=O) groups excluding carboxylic acids is 1. The van der Waals surface area contributed by atoms with Crippen LogP contribution in [0.1, 0.15) is 30.2 Å². The van der Waals surface area contributed by atoms with Gasteiger partial charge in [0.1, 0.15) is 17.8 Å². The van der Waals surface area contributed by atoms with Gasteiger partial charge in [-0.3, -0.25) is 9.78 Å². The average molecular weight is 323 g/mol. The van der Waals surface area contributed by atoms with E-state index in [9.17, 15) is 4.79 Å². The molecule has 0 aliphatic rings. The Morgan fingerprint density at radius 3 is 2.89 bits per heavy atom. The lowest BCUT2D eigenvalue weighted by Crippen LogP contribution is -2.15. The van der Waals surface area contributed by atoms with E-state index in [1.54, 1.807) is 23.0 Å². The standard InChI is InChI=1S/C13H15BrN4O/c1-9(2)7-18-12(16-8-17-18)6-11(19)13-10(14)4-3-5-15-13/h3-5,8-9H,6-7H2,1-2H3. The van der Waals surface area contributed by atoms with E-state index in [-0.39, 0.29) is 12.2 Å². The van der Waals surface area contributed by atoms with Crippen molar-refractivity contribution in [2.24, 2.45) is 5.92 Å². The van der Waals surface area contributed by atoms with Crippen molar-refractivity contribution in [1.29, 1.82) is 0 Å². The topological polar surface area (TPSA) is 60.7 Å². The summed E-state index contributed by atoms with van der Waals surface area (Å²) in [6, 6.07) is 3.58. The molecular weight excluding hydrogens is 308 g/mol. The van der Waals surface area contributed by atoms with Gasteiger partial charge in [-0.05, 0) is 34.0 Å². The zero-order chi connectivity index (χ0) is 13.8. The van der Waals surface area contributed by atoms with Crippen molar-refractivity contribution in [3.63, 3.8) is 0 Å². The highest BCUT2D eigenvalue weighted by molar-refractivity contribution is 9.10. The predicted octanol–water partition coefficient (Wildman–Crippen LogP) is 2.52. The predicted molar refractivity (Wildman–Crippen MR) is 74.8 cm³/mol. The number of aromatic nitrogens is 4. The second-order valence-corrected chi connectivity index (χ2v) is 5.54. The molecule has 0 bridgehead atoms. The Hall–Kier alpha value is -1.56. The fraction of sp³-hybridized carbons (Fsp3) is 0.385. The number of halogens is 1. The van der Waals surface area contributed by atoms with E-state index in [0.29, 0.717) is 21.9 Å². The van der Waals surface area contributed by atoms with Gasteiger partial charge in [-0.25, -0.2) is 9.67 Å². The summed E-state index contributed by atoms with van der Waals surface area (Å²) < 4.78 is 2.48. The number of pyridine rings is 1. The number of Topliss-reactive ketones (excluding diaryl/α,β-unsaturated/α-hetero) is 1. The Kier molecular flexibility index (Phi) is 4.42. The van der Waals surface area contributed by atoms with Crippen molar-refractivity contribution >= 4 is 21.7 Å². The number of hydrogen-bond acceptors (Lipinski definition) is 4. The molecule has 0 N–H and O–H groups in total. The first kappa shape index (κ1) is 13.9. The monoisotopic (exact) mass is 322 g/mol. The third-order valence-corrected chi connectivity index (χ3v) is 3.21. The van der Waals surface area contributed by atoms with Crippen LogP contribution in [0.2, 0.25) is 0 Å². The van der Waals surface area contributed by atoms with Gasteiger partial charge in [0.25, 0.3) is 0 Å². The van der Waals surface area contributed by atoms with E-state index in [1.165, 1.54) is 6.33 Å². The molecule has 0 radical (unpaired) electrons. The van der Waals surface area contributed by atoms with Crippen LogP contribution in [0.3, 0.4) is 0 Å². The maximum absolute atomic E-state index is 12.2. The van der Waals surface area contributed by atoms with E-state index < -0.39 is 0 Å². The Morgan fingerprint density at radius 2 is 2.21 bits per heavy atom. The number of hydrogen-bond donors (Lipinski definition) is 0. The average Bonchev–Trinajstić information content (AvgIpc) is 2.76. The zero-order valence-corrected chi connectivity index (χ0v) is 12.5. The number of ketones is 1. The van der Waals surface area contributed by atoms with E-state index in [2.05, 4.69) is 44.8 Å². The molecule has 0 atom stereocenters. The van der Waals surface area contributed by atoms with Crippen molar-refractivity contribution in [2.45, 2.75) is 26.8 Å². The molecule has 19 heavy (non-hydrogen) atoms. The lowest BCUT2D eigenvalue weighted by atomic mass is 10.2. The van der Waals surface area contributed by atoms with Gasteiger partial charge < -0.3 is 0 Å². The summed E-state index contributed by atoms with van der Waals surface area (Å²) in [6.07, 6.45) is 3.30. The maximum Gasteiger partial charge on any atom is 0.189 e. The second kappa shape index (κ2) is 6.06. The molecule has 2 aromatic heterocycles. The van der Waals surface area contributed by atoms with Crippen LogP contribution in [0.25, 0.3) is 0 Å². The minimum atomic E-state index is -0.0644. The van der Waals surface area contributed by atoms with Crippen molar-refractivity contribution in [1.82, 2.24) is 19.7 Å². The third kappa shape index (κ3) is 3.47. The molecule has 0 aliphatic carbocycles. The number of carbonyl (C=O) groups is 1. The third-order valence-electron chi connectivity index (χ3n) is 2.58. The fourth-order valence-electron chi connectivity index (χ4n) is 1.74. The molecule has 0 saturated carbocycles. The maximum atomic E-state index is 12.2. The lowest BCUT2D eigenvalue weighted by molar-refractivity contribution is 0.0983. The molecule has 0 spiro atoms. The first-order chi connectivity index (χ1) is 9.08. The molecule has 2 aromatic rings. The summed E-state index contributed by atoms with van der Waals surface area (Å²) in [5.41, 5.74) is 0.432. The Balaban J connectivity index is 2.16. The van der Waals surface area contributed by atoms with Crippen LogP contribution in [0.4, 0.5) is 0 Å². The summed E-state index contributed by atoms with van der Waals surface area (Å²) in [4.78, 5) is 20.4. The largest absolute Gasteiger partial charge is 0.292 e. The molecule has 0 fully saturated rings. The van der Waals surface area contributed by atoms with Crippen molar-refractivity contribution < 1.29 is 4.79 Å². The van der Waals surface area contributed by atoms with Gasteiger partial charge in [-0.2, -0.15) is 5.10 Å². The summed E-state index contributed by atoms with van der Waals surface area (Å²) in [5, 5.41) is 4.15. The normalized spacial score (nSPS) is 10.9. The summed E-state index contributed by atoms with van der Waals surface area (Å²) in [6.45, 7) is 4.96. The van der Waals surface area contributed by atoms with Crippen LogP contribution in [-0.2, 0) is 13.0 Å². The van der Waals surface area contributed by atoms with Gasteiger partial charge in [0.15, 0.2) is 5.78 Å². The number of nitrogens with zero attached hydrogens (tertiary/aromatic N) is 4. The van der Waals surface area contributed by atoms with Crippen molar-refractivity contribution in [3.05, 3.63) is 40.6 Å². The summed E-state index contributed by atoms with van der Waals surface area (Å²) >= 11 is 3.33. The molecule has 2 rings (SSSR count). The van der Waals surface area contributed by atoms with Gasteiger partial charge in [-0.15, -0.1) is 0 Å². The first-order valence-electron chi connectivity index (χ1n) is 6.08. The van der Waals surface area contributed by atoms with E-state index in [1.807, 2.05) is 0 Å². The molecule has 0 unspecified atom stereocenters. The fourth-order valence-corrected chi connectivity index (χ4v) is 2.22. The van der Waals surface area contributed by atoms with Crippen LogP contribution in [0.5, 0.6) is 0 Å². The van der Waals surface area contributed by atoms with Crippen LogP contribution >= 0.6 is 15.9 Å². The Bertz CT molecular complexity index is 580.